The molecule has 0 unspecified atom stereocenters. The minimum Gasteiger partial charge on any atom is -0.363 e. The van der Waals surface area contributed by atoms with Gasteiger partial charge in [-0.1, -0.05) is 28.9 Å². The number of pyridine rings is 1. The minimum atomic E-state index is 0.114. The first-order chi connectivity index (χ1) is 12.5. The standard InChI is InChI=1S/C20H20ClN3O2/c1-12-9-22-17(13(2)20(12)25)11-24-8-7-18-16(10-24)19(23-26-18)14-3-5-15(21)6-4-14/h3-6,9H,7-8,10-11H2,1-2H3,(H,22,25). The molecule has 0 saturated carbocycles. The van der Waals surface area contributed by atoms with E-state index < -0.39 is 0 Å². The quantitative estimate of drug-likeness (QED) is 0.761. The fraction of sp³-hybridized carbons (Fsp3) is 0.300. The van der Waals surface area contributed by atoms with Crippen LogP contribution in [0.5, 0.6) is 0 Å². The van der Waals surface area contributed by atoms with Crippen molar-refractivity contribution < 1.29 is 4.52 Å². The lowest BCUT2D eigenvalue weighted by Crippen LogP contribution is -2.31. The Labute approximate surface area is 156 Å². The first-order valence-electron chi connectivity index (χ1n) is 8.66. The van der Waals surface area contributed by atoms with Crippen LogP contribution >= 0.6 is 11.6 Å². The van der Waals surface area contributed by atoms with Crippen molar-refractivity contribution in [3.63, 3.8) is 0 Å². The molecule has 5 nitrogen and oxygen atoms in total. The molecule has 0 spiro atoms. The van der Waals surface area contributed by atoms with Crippen molar-refractivity contribution in [2.45, 2.75) is 33.4 Å². The summed E-state index contributed by atoms with van der Waals surface area (Å²) in [6.45, 7) is 6.03. The van der Waals surface area contributed by atoms with Crippen molar-refractivity contribution in [2.75, 3.05) is 6.54 Å². The molecule has 2 aromatic heterocycles. The van der Waals surface area contributed by atoms with E-state index in [0.717, 1.165) is 58.9 Å². The van der Waals surface area contributed by atoms with Crippen LogP contribution in [0.4, 0.5) is 0 Å². The molecule has 0 aliphatic carbocycles. The molecule has 1 aromatic carbocycles. The highest BCUT2D eigenvalue weighted by atomic mass is 35.5. The van der Waals surface area contributed by atoms with Crippen LogP contribution in [0, 0.1) is 13.8 Å². The number of aryl methyl sites for hydroxylation is 1. The van der Waals surface area contributed by atoms with E-state index in [9.17, 15) is 4.79 Å². The molecular weight excluding hydrogens is 350 g/mol. The number of hydrogen-bond donors (Lipinski definition) is 1. The summed E-state index contributed by atoms with van der Waals surface area (Å²) in [6.07, 6.45) is 2.60. The Hall–Kier alpha value is -2.37. The maximum Gasteiger partial charge on any atom is 0.187 e. The maximum atomic E-state index is 12.2. The number of rotatable bonds is 3. The van der Waals surface area contributed by atoms with Gasteiger partial charge in [0.15, 0.2) is 5.43 Å². The Morgan fingerprint density at radius 3 is 2.81 bits per heavy atom. The van der Waals surface area contributed by atoms with E-state index in [0.29, 0.717) is 11.6 Å². The van der Waals surface area contributed by atoms with Crippen molar-refractivity contribution in [3.05, 3.63) is 73.9 Å². The SMILES string of the molecule is Cc1c[nH]c(CN2CCc3onc(-c4ccc(Cl)cc4)c3C2)c(C)c1=O. The number of halogens is 1. The van der Waals surface area contributed by atoms with Crippen LogP contribution in [-0.4, -0.2) is 21.6 Å². The van der Waals surface area contributed by atoms with Gasteiger partial charge in [0, 0.05) is 65.2 Å². The number of fused-ring (bicyclic) bond motifs is 1. The molecule has 134 valence electrons. The van der Waals surface area contributed by atoms with Gasteiger partial charge in [0.25, 0.3) is 0 Å². The van der Waals surface area contributed by atoms with Crippen LogP contribution in [0.1, 0.15) is 28.1 Å². The van der Waals surface area contributed by atoms with Crippen molar-refractivity contribution >= 4 is 11.6 Å². The van der Waals surface area contributed by atoms with Crippen LogP contribution < -0.4 is 5.43 Å². The van der Waals surface area contributed by atoms with E-state index in [1.54, 1.807) is 6.20 Å². The topological polar surface area (TPSA) is 62.1 Å². The summed E-state index contributed by atoms with van der Waals surface area (Å²) in [6, 6.07) is 7.64. The van der Waals surface area contributed by atoms with Crippen molar-refractivity contribution in [1.29, 1.82) is 0 Å². The average molecular weight is 370 g/mol. The van der Waals surface area contributed by atoms with Gasteiger partial charge in [0.1, 0.15) is 11.5 Å². The third-order valence-corrected chi connectivity index (χ3v) is 5.27. The predicted octanol–water partition coefficient (Wildman–Crippen LogP) is 3.86. The lowest BCUT2D eigenvalue weighted by molar-refractivity contribution is 0.226. The molecule has 0 atom stereocenters. The van der Waals surface area contributed by atoms with E-state index in [2.05, 4.69) is 15.0 Å². The summed E-state index contributed by atoms with van der Waals surface area (Å²) in [7, 11) is 0. The minimum absolute atomic E-state index is 0.114. The molecule has 3 aromatic rings. The summed E-state index contributed by atoms with van der Waals surface area (Å²) in [4.78, 5) is 17.8. The van der Waals surface area contributed by atoms with E-state index in [1.165, 1.54) is 0 Å². The van der Waals surface area contributed by atoms with E-state index >= 15 is 0 Å². The van der Waals surface area contributed by atoms with E-state index in [1.807, 2.05) is 38.1 Å². The molecule has 0 fully saturated rings. The van der Waals surface area contributed by atoms with Gasteiger partial charge in [-0.05, 0) is 26.0 Å². The highest BCUT2D eigenvalue weighted by molar-refractivity contribution is 6.30. The fourth-order valence-electron chi connectivity index (χ4n) is 3.42. The number of nitrogens with one attached hydrogen (secondary N) is 1. The number of aromatic amines is 1. The zero-order chi connectivity index (χ0) is 18.3. The Kier molecular flexibility index (Phi) is 4.42. The first-order valence-corrected chi connectivity index (χ1v) is 9.04. The summed E-state index contributed by atoms with van der Waals surface area (Å²) in [5.41, 5.74) is 5.61. The lowest BCUT2D eigenvalue weighted by atomic mass is 10.0. The lowest BCUT2D eigenvalue weighted by Gasteiger charge is -2.26. The summed E-state index contributed by atoms with van der Waals surface area (Å²) in [5, 5.41) is 4.98. The summed E-state index contributed by atoms with van der Waals surface area (Å²) < 4.78 is 5.56. The molecule has 0 bridgehead atoms. The van der Waals surface area contributed by atoms with Crippen LogP contribution in [-0.2, 0) is 19.5 Å². The zero-order valence-electron chi connectivity index (χ0n) is 14.8. The number of aromatic nitrogens is 2. The second-order valence-electron chi connectivity index (χ2n) is 6.80. The molecule has 0 amide bonds. The van der Waals surface area contributed by atoms with Crippen molar-refractivity contribution in [3.8, 4) is 11.3 Å². The second-order valence-corrected chi connectivity index (χ2v) is 7.24. The van der Waals surface area contributed by atoms with Crippen molar-refractivity contribution in [1.82, 2.24) is 15.0 Å². The molecule has 1 aliphatic heterocycles. The van der Waals surface area contributed by atoms with E-state index in [4.69, 9.17) is 16.1 Å². The highest BCUT2D eigenvalue weighted by Gasteiger charge is 2.25. The van der Waals surface area contributed by atoms with Gasteiger partial charge in [-0.25, -0.2) is 0 Å². The molecule has 26 heavy (non-hydrogen) atoms. The zero-order valence-corrected chi connectivity index (χ0v) is 15.6. The normalized spacial score (nSPS) is 14.4. The summed E-state index contributed by atoms with van der Waals surface area (Å²) in [5.74, 6) is 0.945. The van der Waals surface area contributed by atoms with Crippen LogP contribution in [0.2, 0.25) is 5.02 Å². The van der Waals surface area contributed by atoms with E-state index in [-0.39, 0.29) is 5.43 Å². The van der Waals surface area contributed by atoms with Crippen LogP contribution in [0.3, 0.4) is 0 Å². The monoisotopic (exact) mass is 369 g/mol. The Bertz CT molecular complexity index is 1000. The van der Waals surface area contributed by atoms with Gasteiger partial charge in [-0.2, -0.15) is 0 Å². The Morgan fingerprint density at radius 1 is 1.27 bits per heavy atom. The first kappa shape index (κ1) is 17.1. The molecule has 1 aliphatic rings. The predicted molar refractivity (Wildman–Crippen MR) is 101 cm³/mol. The van der Waals surface area contributed by atoms with Gasteiger partial charge >= 0.3 is 0 Å². The number of benzene rings is 1. The molecule has 0 radical (unpaired) electrons. The molecular formula is C20H20ClN3O2. The third kappa shape index (κ3) is 3.08. The highest BCUT2D eigenvalue weighted by Crippen LogP contribution is 2.31. The molecule has 3 heterocycles. The second kappa shape index (κ2) is 6.74. The molecule has 0 saturated heterocycles. The summed E-state index contributed by atoms with van der Waals surface area (Å²) >= 11 is 5.99. The van der Waals surface area contributed by atoms with Gasteiger partial charge in [-0.3, -0.25) is 9.69 Å². The van der Waals surface area contributed by atoms with Gasteiger partial charge in [0.05, 0.1) is 0 Å². The smallest absolute Gasteiger partial charge is 0.187 e. The van der Waals surface area contributed by atoms with Crippen LogP contribution in [0.15, 0.2) is 39.8 Å². The third-order valence-electron chi connectivity index (χ3n) is 5.02. The van der Waals surface area contributed by atoms with Crippen LogP contribution in [0.25, 0.3) is 11.3 Å². The molecule has 1 N–H and O–H groups in total. The Morgan fingerprint density at radius 2 is 2.04 bits per heavy atom. The van der Waals surface area contributed by atoms with Crippen molar-refractivity contribution in [2.24, 2.45) is 0 Å². The fourth-order valence-corrected chi connectivity index (χ4v) is 3.55. The number of hydrogen-bond acceptors (Lipinski definition) is 4. The maximum absolute atomic E-state index is 12.2. The molecule has 6 heteroatoms. The van der Waals surface area contributed by atoms with Gasteiger partial charge in [0.2, 0.25) is 0 Å². The molecule has 4 rings (SSSR count). The number of nitrogens with zero attached hydrogens (tertiary/aromatic N) is 2. The Balaban J connectivity index is 1.60. The average Bonchev–Trinajstić information content (AvgIpc) is 3.06. The van der Waals surface area contributed by atoms with Gasteiger partial charge < -0.3 is 9.51 Å². The largest absolute Gasteiger partial charge is 0.363 e. The van der Waals surface area contributed by atoms with Gasteiger partial charge in [-0.15, -0.1) is 0 Å². The number of H-pyrrole nitrogens is 1.